The second-order valence-electron chi connectivity index (χ2n) is 7.48. The molecule has 10 heteroatoms. The third-order valence-corrected chi connectivity index (χ3v) is 7.29. The first-order chi connectivity index (χ1) is 15.4. The average molecular weight is 460 g/mol. The van der Waals surface area contributed by atoms with Gasteiger partial charge >= 0.3 is 0 Å². The summed E-state index contributed by atoms with van der Waals surface area (Å²) in [6.45, 7) is 3.00. The summed E-state index contributed by atoms with van der Waals surface area (Å²) >= 11 is 0. The molecule has 0 aliphatic carbocycles. The highest BCUT2D eigenvalue weighted by molar-refractivity contribution is 7.89. The maximum absolute atomic E-state index is 13.1. The molecule has 0 radical (unpaired) electrons. The van der Waals surface area contributed by atoms with Crippen LogP contribution in [0.3, 0.4) is 0 Å². The van der Waals surface area contributed by atoms with Crippen LogP contribution in [-0.2, 0) is 19.6 Å². The zero-order valence-corrected chi connectivity index (χ0v) is 18.6. The predicted molar refractivity (Wildman–Crippen MR) is 119 cm³/mol. The standard InChI is InChI=1S/C22H25N3O6S/c1-2-24(15-21(26)23-16-5-10-19-20(14-16)31-13-12-30-19)32(28,29)18-8-6-17(7-9-18)25-11-3-4-22(25)27/h5-10,14H,2-4,11-13,15H2,1H3,(H,23,26). The first kappa shape index (κ1) is 22.1. The quantitative estimate of drug-likeness (QED) is 0.681. The summed E-state index contributed by atoms with van der Waals surface area (Å²) in [5.74, 6) is 0.703. The lowest BCUT2D eigenvalue weighted by Crippen LogP contribution is -2.37. The SMILES string of the molecule is CCN(CC(=O)Nc1ccc2c(c1)OCCO2)S(=O)(=O)c1ccc(N2CCCC2=O)cc1. The number of nitrogens with one attached hydrogen (secondary N) is 1. The third-order valence-electron chi connectivity index (χ3n) is 5.36. The Morgan fingerprint density at radius 3 is 2.47 bits per heavy atom. The number of hydrogen-bond acceptors (Lipinski definition) is 6. The number of hydrogen-bond donors (Lipinski definition) is 1. The van der Waals surface area contributed by atoms with Crippen LogP contribution in [0, 0.1) is 0 Å². The Bertz CT molecular complexity index is 1120. The van der Waals surface area contributed by atoms with Crippen molar-refractivity contribution in [1.82, 2.24) is 4.31 Å². The van der Waals surface area contributed by atoms with E-state index in [2.05, 4.69) is 5.32 Å². The molecule has 2 heterocycles. The van der Waals surface area contributed by atoms with E-state index in [0.717, 1.165) is 10.7 Å². The molecule has 0 atom stereocenters. The number of likely N-dealkylation sites (N-methyl/N-ethyl adjacent to an activating group) is 1. The number of carbonyl (C=O) groups excluding carboxylic acids is 2. The number of fused-ring (bicyclic) bond motifs is 1. The maximum atomic E-state index is 13.1. The van der Waals surface area contributed by atoms with Gasteiger partial charge in [-0.25, -0.2) is 8.42 Å². The molecule has 2 aliphatic rings. The monoisotopic (exact) mass is 459 g/mol. The molecule has 32 heavy (non-hydrogen) atoms. The molecule has 0 aromatic heterocycles. The van der Waals surface area contributed by atoms with E-state index in [1.807, 2.05) is 0 Å². The van der Waals surface area contributed by atoms with Gasteiger partial charge < -0.3 is 19.7 Å². The van der Waals surface area contributed by atoms with E-state index in [-0.39, 0.29) is 23.9 Å². The van der Waals surface area contributed by atoms with Crippen LogP contribution in [-0.4, -0.2) is 57.4 Å². The first-order valence-electron chi connectivity index (χ1n) is 10.5. The van der Waals surface area contributed by atoms with Gasteiger partial charge in [0.1, 0.15) is 13.2 Å². The Balaban J connectivity index is 1.44. The summed E-state index contributed by atoms with van der Waals surface area (Å²) in [5.41, 5.74) is 1.16. The largest absolute Gasteiger partial charge is 0.486 e. The van der Waals surface area contributed by atoms with Gasteiger partial charge in [-0.1, -0.05) is 6.92 Å². The van der Waals surface area contributed by atoms with Crippen molar-refractivity contribution in [2.24, 2.45) is 0 Å². The van der Waals surface area contributed by atoms with Crippen LogP contribution >= 0.6 is 0 Å². The van der Waals surface area contributed by atoms with Crippen LogP contribution in [0.2, 0.25) is 0 Å². The molecule has 0 bridgehead atoms. The number of benzene rings is 2. The lowest BCUT2D eigenvalue weighted by Gasteiger charge is -2.22. The molecular formula is C22H25N3O6S. The molecule has 0 unspecified atom stereocenters. The van der Waals surface area contributed by atoms with Gasteiger partial charge in [0.15, 0.2) is 11.5 Å². The maximum Gasteiger partial charge on any atom is 0.243 e. The molecule has 1 saturated heterocycles. The van der Waals surface area contributed by atoms with E-state index in [0.29, 0.717) is 49.1 Å². The molecule has 0 saturated carbocycles. The number of anilines is 2. The molecule has 2 aliphatic heterocycles. The Hall–Kier alpha value is -3.11. The summed E-state index contributed by atoms with van der Waals surface area (Å²) < 4.78 is 38.2. The third kappa shape index (κ3) is 4.56. The van der Waals surface area contributed by atoms with Crippen molar-refractivity contribution in [3.63, 3.8) is 0 Å². The number of rotatable bonds is 7. The van der Waals surface area contributed by atoms with Gasteiger partial charge in [-0.05, 0) is 42.8 Å². The molecule has 4 rings (SSSR count). The van der Waals surface area contributed by atoms with Crippen molar-refractivity contribution in [1.29, 1.82) is 0 Å². The van der Waals surface area contributed by atoms with Gasteiger partial charge in [0, 0.05) is 37.0 Å². The van der Waals surface area contributed by atoms with Crippen LogP contribution in [0.15, 0.2) is 47.4 Å². The molecule has 1 fully saturated rings. The van der Waals surface area contributed by atoms with E-state index in [1.165, 1.54) is 12.1 Å². The van der Waals surface area contributed by atoms with Gasteiger partial charge in [-0.2, -0.15) is 4.31 Å². The molecular weight excluding hydrogens is 434 g/mol. The number of carbonyl (C=O) groups is 2. The Kier molecular flexibility index (Phi) is 6.33. The highest BCUT2D eigenvalue weighted by Gasteiger charge is 2.27. The van der Waals surface area contributed by atoms with Crippen LogP contribution in [0.4, 0.5) is 11.4 Å². The number of amides is 2. The van der Waals surface area contributed by atoms with Gasteiger partial charge in [0.05, 0.1) is 11.4 Å². The normalized spacial score (nSPS) is 15.8. The Morgan fingerprint density at radius 2 is 1.81 bits per heavy atom. The fourth-order valence-corrected chi connectivity index (χ4v) is 5.12. The number of nitrogens with zero attached hydrogens (tertiary/aromatic N) is 2. The van der Waals surface area contributed by atoms with Gasteiger partial charge in [-0.3, -0.25) is 9.59 Å². The summed E-state index contributed by atoms with van der Waals surface area (Å²) in [4.78, 5) is 26.2. The van der Waals surface area contributed by atoms with E-state index in [1.54, 1.807) is 42.2 Å². The summed E-state index contributed by atoms with van der Waals surface area (Å²) in [5, 5.41) is 2.71. The predicted octanol–water partition coefficient (Wildman–Crippen LogP) is 2.23. The van der Waals surface area contributed by atoms with Crippen LogP contribution < -0.4 is 19.7 Å². The highest BCUT2D eigenvalue weighted by atomic mass is 32.2. The van der Waals surface area contributed by atoms with Crippen LogP contribution in [0.5, 0.6) is 11.5 Å². The van der Waals surface area contributed by atoms with Crippen molar-refractivity contribution in [3.8, 4) is 11.5 Å². The fourth-order valence-electron chi connectivity index (χ4n) is 3.72. The molecule has 9 nitrogen and oxygen atoms in total. The molecule has 2 aromatic carbocycles. The minimum absolute atomic E-state index is 0.0339. The lowest BCUT2D eigenvalue weighted by atomic mass is 10.2. The average Bonchev–Trinajstić information content (AvgIpc) is 3.23. The van der Waals surface area contributed by atoms with Crippen LogP contribution in [0.25, 0.3) is 0 Å². The highest BCUT2D eigenvalue weighted by Crippen LogP contribution is 2.32. The number of ether oxygens (including phenoxy) is 2. The molecule has 1 N–H and O–H groups in total. The summed E-state index contributed by atoms with van der Waals surface area (Å²) in [7, 11) is -3.88. The van der Waals surface area contributed by atoms with Gasteiger partial charge in [-0.15, -0.1) is 0 Å². The molecule has 0 spiro atoms. The number of sulfonamides is 1. The van der Waals surface area contributed by atoms with E-state index in [4.69, 9.17) is 9.47 Å². The van der Waals surface area contributed by atoms with Crippen molar-refractivity contribution >= 4 is 33.2 Å². The fraction of sp³-hybridized carbons (Fsp3) is 0.364. The van der Waals surface area contributed by atoms with E-state index < -0.39 is 15.9 Å². The summed E-state index contributed by atoms with van der Waals surface area (Å²) in [6.07, 6.45) is 1.29. The van der Waals surface area contributed by atoms with E-state index in [9.17, 15) is 18.0 Å². The van der Waals surface area contributed by atoms with Crippen molar-refractivity contribution in [2.75, 3.05) is 43.1 Å². The molecule has 170 valence electrons. The molecule has 2 amide bonds. The van der Waals surface area contributed by atoms with Crippen molar-refractivity contribution in [3.05, 3.63) is 42.5 Å². The minimum atomic E-state index is -3.88. The van der Waals surface area contributed by atoms with Crippen molar-refractivity contribution < 1.29 is 27.5 Å². The minimum Gasteiger partial charge on any atom is -0.486 e. The van der Waals surface area contributed by atoms with Crippen molar-refractivity contribution in [2.45, 2.75) is 24.7 Å². The molecule has 2 aromatic rings. The zero-order chi connectivity index (χ0) is 22.7. The topological polar surface area (TPSA) is 105 Å². The second-order valence-corrected chi connectivity index (χ2v) is 9.42. The zero-order valence-electron chi connectivity index (χ0n) is 17.7. The Labute approximate surface area is 187 Å². The van der Waals surface area contributed by atoms with Crippen LogP contribution in [0.1, 0.15) is 19.8 Å². The Morgan fingerprint density at radius 1 is 1.09 bits per heavy atom. The summed E-state index contributed by atoms with van der Waals surface area (Å²) in [6, 6.07) is 11.2. The second kappa shape index (κ2) is 9.17. The first-order valence-corrected chi connectivity index (χ1v) is 11.9. The lowest BCUT2D eigenvalue weighted by molar-refractivity contribution is -0.117. The smallest absolute Gasteiger partial charge is 0.243 e. The van der Waals surface area contributed by atoms with Gasteiger partial charge in [0.2, 0.25) is 21.8 Å². The van der Waals surface area contributed by atoms with E-state index >= 15 is 0 Å². The van der Waals surface area contributed by atoms with Gasteiger partial charge in [0.25, 0.3) is 0 Å².